The van der Waals surface area contributed by atoms with Crippen molar-refractivity contribution >= 4 is 22.2 Å². The Morgan fingerprint density at radius 3 is 2.26 bits per heavy atom. The van der Waals surface area contributed by atoms with E-state index in [1.807, 2.05) is 53.5 Å². The van der Waals surface area contributed by atoms with Crippen LogP contribution < -0.4 is 5.69 Å². The lowest BCUT2D eigenvalue weighted by molar-refractivity contribution is -0.0486. The predicted molar refractivity (Wildman–Crippen MR) is 131 cm³/mol. The first-order valence-electron chi connectivity index (χ1n) is 11.8. The lowest BCUT2D eigenvalue weighted by Gasteiger charge is -2.33. The molecule has 0 aromatic carbocycles. The molecule has 5 aromatic rings. The van der Waals surface area contributed by atoms with E-state index in [2.05, 4.69) is 21.2 Å². The van der Waals surface area contributed by atoms with Gasteiger partial charge in [0.05, 0.1) is 30.0 Å². The van der Waals surface area contributed by atoms with E-state index in [4.69, 9.17) is 14.1 Å². The molecule has 1 aliphatic rings. The maximum atomic E-state index is 13.6. The second-order valence-electron chi connectivity index (χ2n) is 9.55. The first kappa shape index (κ1) is 21.7. The van der Waals surface area contributed by atoms with Crippen LogP contribution >= 0.6 is 0 Å². The number of rotatable bonds is 3. The van der Waals surface area contributed by atoms with Crippen molar-refractivity contribution in [1.29, 1.82) is 0 Å². The molecule has 1 fully saturated rings. The van der Waals surface area contributed by atoms with E-state index in [-0.39, 0.29) is 23.9 Å². The summed E-state index contributed by atoms with van der Waals surface area (Å²) in [5.74, 6) is 0. The van der Waals surface area contributed by atoms with Crippen LogP contribution in [0.1, 0.15) is 38.4 Å². The van der Waals surface area contributed by atoms with E-state index in [1.165, 1.54) is 0 Å². The van der Waals surface area contributed by atoms with Crippen molar-refractivity contribution in [3.8, 4) is 22.4 Å². The average Bonchev–Trinajstić information content (AvgIpc) is 3.50. The molecule has 0 bridgehead atoms. The van der Waals surface area contributed by atoms with Gasteiger partial charge in [0.2, 0.25) is 5.71 Å². The molecule has 0 saturated carbocycles. The van der Waals surface area contributed by atoms with Crippen molar-refractivity contribution in [1.82, 2.24) is 34.1 Å². The van der Waals surface area contributed by atoms with Crippen LogP contribution in [0, 0.1) is 6.92 Å². The van der Waals surface area contributed by atoms with Gasteiger partial charge in [-0.25, -0.2) is 9.78 Å². The SMILES string of the molecule is Cc1nc2oc3c(-c4cnn(C)c4)nc(=O)n(C4C[C@@H](C)O[C@@H](C)C4)c3c2cc1-c1cnn(C)c1. The third-order valence-electron chi connectivity index (χ3n) is 6.75. The van der Waals surface area contributed by atoms with Gasteiger partial charge in [-0.3, -0.25) is 13.9 Å². The second-order valence-corrected chi connectivity index (χ2v) is 9.55. The standard InChI is InChI=1S/C25H27N7O3/c1-13-6-18(7-14(2)34-13)32-22-20-8-19(16-9-26-30(4)11-16)15(3)28-24(20)35-23(22)21(29-25(32)33)17-10-27-31(5)12-17/h8-14,18H,6-7H2,1-5H3/t13-,14+,18?. The van der Waals surface area contributed by atoms with E-state index in [9.17, 15) is 4.79 Å². The largest absolute Gasteiger partial charge is 0.434 e. The molecule has 1 saturated heterocycles. The molecule has 1 aliphatic heterocycles. The van der Waals surface area contributed by atoms with Gasteiger partial charge < -0.3 is 9.15 Å². The summed E-state index contributed by atoms with van der Waals surface area (Å²) in [6.45, 7) is 6.03. The highest BCUT2D eigenvalue weighted by Crippen LogP contribution is 2.39. The monoisotopic (exact) mass is 473 g/mol. The molecule has 1 unspecified atom stereocenters. The fourth-order valence-corrected chi connectivity index (χ4v) is 5.31. The molecule has 10 nitrogen and oxygen atoms in total. The van der Waals surface area contributed by atoms with Gasteiger partial charge in [-0.05, 0) is 39.7 Å². The molecule has 0 aliphatic carbocycles. The molecule has 0 radical (unpaired) electrons. The molecule has 180 valence electrons. The van der Waals surface area contributed by atoms with Crippen LogP contribution in [0.4, 0.5) is 0 Å². The lowest BCUT2D eigenvalue weighted by atomic mass is 9.99. The van der Waals surface area contributed by atoms with Crippen LogP contribution in [0.2, 0.25) is 0 Å². The van der Waals surface area contributed by atoms with E-state index >= 15 is 0 Å². The molecule has 6 rings (SSSR count). The average molecular weight is 474 g/mol. The smallest absolute Gasteiger partial charge is 0.349 e. The van der Waals surface area contributed by atoms with E-state index in [0.717, 1.165) is 27.8 Å². The minimum atomic E-state index is -0.311. The maximum Gasteiger partial charge on any atom is 0.349 e. The van der Waals surface area contributed by atoms with Gasteiger partial charge in [0.15, 0.2) is 5.58 Å². The third-order valence-corrected chi connectivity index (χ3v) is 6.75. The summed E-state index contributed by atoms with van der Waals surface area (Å²) in [7, 11) is 3.71. The van der Waals surface area contributed by atoms with Crippen LogP contribution in [0.15, 0.2) is 40.1 Å². The molecule has 6 heterocycles. The minimum Gasteiger partial charge on any atom is -0.434 e. The number of pyridine rings is 1. The summed E-state index contributed by atoms with van der Waals surface area (Å²) in [6.07, 6.45) is 8.80. The molecular formula is C25H27N7O3. The van der Waals surface area contributed by atoms with Gasteiger partial charge in [-0.15, -0.1) is 0 Å². The van der Waals surface area contributed by atoms with Gasteiger partial charge in [0.1, 0.15) is 11.2 Å². The Hall–Kier alpha value is -3.79. The molecule has 35 heavy (non-hydrogen) atoms. The zero-order valence-corrected chi connectivity index (χ0v) is 20.4. The summed E-state index contributed by atoms with van der Waals surface area (Å²) in [6, 6.07) is 1.98. The fourth-order valence-electron chi connectivity index (χ4n) is 5.31. The Morgan fingerprint density at radius 2 is 1.63 bits per heavy atom. The van der Waals surface area contributed by atoms with Crippen LogP contribution in [-0.4, -0.2) is 46.3 Å². The Morgan fingerprint density at radius 1 is 0.971 bits per heavy atom. The first-order valence-corrected chi connectivity index (χ1v) is 11.8. The Balaban J connectivity index is 1.69. The van der Waals surface area contributed by atoms with E-state index in [1.54, 1.807) is 20.1 Å². The van der Waals surface area contributed by atoms with Crippen molar-refractivity contribution in [2.45, 2.75) is 51.9 Å². The molecule has 0 spiro atoms. The van der Waals surface area contributed by atoms with Crippen LogP contribution in [-0.2, 0) is 18.8 Å². The third kappa shape index (κ3) is 3.56. The number of ether oxygens (including phenoxy) is 1. The molecule has 0 N–H and O–H groups in total. The number of aryl methyl sites for hydroxylation is 3. The second kappa shape index (κ2) is 7.88. The summed E-state index contributed by atoms with van der Waals surface area (Å²) >= 11 is 0. The first-order chi connectivity index (χ1) is 16.8. The molecule has 3 atom stereocenters. The number of furan rings is 1. The van der Waals surface area contributed by atoms with Gasteiger partial charge >= 0.3 is 5.69 Å². The number of hydrogen-bond acceptors (Lipinski definition) is 7. The van der Waals surface area contributed by atoms with Crippen LogP contribution in [0.25, 0.3) is 44.6 Å². The van der Waals surface area contributed by atoms with Gasteiger partial charge in [-0.2, -0.15) is 15.2 Å². The van der Waals surface area contributed by atoms with Crippen LogP contribution in [0.3, 0.4) is 0 Å². The van der Waals surface area contributed by atoms with Gasteiger partial charge in [-0.1, -0.05) is 0 Å². The van der Waals surface area contributed by atoms with Crippen LogP contribution in [0.5, 0.6) is 0 Å². The topological polar surface area (TPSA) is 106 Å². The highest BCUT2D eigenvalue weighted by atomic mass is 16.5. The van der Waals surface area contributed by atoms with Gasteiger partial charge in [0.25, 0.3) is 0 Å². The summed E-state index contributed by atoms with van der Waals surface area (Å²) in [5.41, 5.74) is 5.33. The highest BCUT2D eigenvalue weighted by Gasteiger charge is 2.31. The quantitative estimate of drug-likeness (QED) is 0.393. The zero-order valence-electron chi connectivity index (χ0n) is 20.4. The maximum absolute atomic E-state index is 13.6. The molecule has 5 aromatic heterocycles. The molecular weight excluding hydrogens is 446 g/mol. The van der Waals surface area contributed by atoms with Crippen molar-refractivity contribution in [2.75, 3.05) is 0 Å². The number of hydrogen-bond donors (Lipinski definition) is 0. The van der Waals surface area contributed by atoms with Crippen molar-refractivity contribution in [2.24, 2.45) is 14.1 Å². The van der Waals surface area contributed by atoms with Crippen molar-refractivity contribution in [3.63, 3.8) is 0 Å². The summed E-state index contributed by atoms with van der Waals surface area (Å²) in [5, 5.41) is 9.37. The van der Waals surface area contributed by atoms with E-state index in [0.29, 0.717) is 35.3 Å². The zero-order chi connectivity index (χ0) is 24.4. The summed E-state index contributed by atoms with van der Waals surface area (Å²) < 4.78 is 17.5. The molecule has 10 heteroatoms. The normalized spacial score (nSPS) is 20.8. The van der Waals surface area contributed by atoms with E-state index < -0.39 is 0 Å². The van der Waals surface area contributed by atoms with Gasteiger partial charge in [0, 0.05) is 54.9 Å². The number of fused-ring (bicyclic) bond motifs is 3. The fraction of sp³-hybridized carbons (Fsp3) is 0.400. The Labute approximate surface area is 201 Å². The van der Waals surface area contributed by atoms with Crippen molar-refractivity contribution < 1.29 is 9.15 Å². The lowest BCUT2D eigenvalue weighted by Crippen LogP contribution is -2.36. The Kier molecular flexibility index (Phi) is 4.89. The highest BCUT2D eigenvalue weighted by molar-refractivity contribution is 6.06. The predicted octanol–water partition coefficient (Wildman–Crippen LogP) is 3.78. The Bertz CT molecular complexity index is 1630. The molecule has 0 amide bonds. The summed E-state index contributed by atoms with van der Waals surface area (Å²) in [4.78, 5) is 22.9. The van der Waals surface area contributed by atoms with Crippen molar-refractivity contribution in [3.05, 3.63) is 47.0 Å². The number of nitrogens with zero attached hydrogens (tertiary/aromatic N) is 7. The minimum absolute atomic E-state index is 0.0354. The number of aromatic nitrogens is 7.